The summed E-state index contributed by atoms with van der Waals surface area (Å²) in [5.74, 6) is -0.292. The zero-order chi connectivity index (χ0) is 21.8. The Morgan fingerprint density at radius 1 is 1.07 bits per heavy atom. The molecule has 0 radical (unpaired) electrons. The summed E-state index contributed by atoms with van der Waals surface area (Å²) < 4.78 is 6.29. The number of rotatable bonds is 11. The molecule has 0 aliphatic heterocycles. The average Bonchev–Trinajstić information content (AvgIpc) is 2.73. The van der Waals surface area contributed by atoms with E-state index in [1.165, 1.54) is 25.5 Å². The molecule has 0 spiro atoms. The lowest BCUT2D eigenvalue weighted by Gasteiger charge is -2.08. The first kappa shape index (κ1) is 24.1. The second kappa shape index (κ2) is 13.2. The van der Waals surface area contributed by atoms with Gasteiger partial charge in [-0.3, -0.25) is 4.79 Å². The van der Waals surface area contributed by atoms with Crippen molar-refractivity contribution < 1.29 is 14.3 Å². The first-order valence-corrected chi connectivity index (χ1v) is 11.3. The van der Waals surface area contributed by atoms with Gasteiger partial charge in [-0.05, 0) is 48.9 Å². The highest BCUT2D eigenvalue weighted by molar-refractivity contribution is 9.10. The predicted octanol–water partition coefficient (Wildman–Crippen LogP) is 6.52. The summed E-state index contributed by atoms with van der Waals surface area (Å²) in [5.41, 5.74) is 3.48. The number of amides is 1. The van der Waals surface area contributed by atoms with Crippen molar-refractivity contribution >= 4 is 45.6 Å². The molecule has 2 rings (SSSR count). The highest BCUT2D eigenvalue weighted by Gasteiger charge is 2.11. The maximum absolute atomic E-state index is 12.4. The number of esters is 1. The van der Waals surface area contributed by atoms with E-state index < -0.39 is 5.97 Å². The van der Waals surface area contributed by atoms with Crippen LogP contribution in [-0.4, -0.2) is 18.1 Å². The van der Waals surface area contributed by atoms with Crippen molar-refractivity contribution in [3.63, 3.8) is 0 Å². The van der Waals surface area contributed by atoms with Crippen molar-refractivity contribution in [3.8, 4) is 5.75 Å². The summed E-state index contributed by atoms with van der Waals surface area (Å²) in [5, 5.41) is 4.55. The molecule has 2 aromatic carbocycles. The third-order valence-electron chi connectivity index (χ3n) is 4.40. The maximum atomic E-state index is 12.4. The fourth-order valence-corrected chi connectivity index (χ4v) is 3.26. The molecule has 7 heteroatoms. The third kappa shape index (κ3) is 8.67. The number of ether oxygens (including phenoxy) is 1. The second-order valence-corrected chi connectivity index (χ2v) is 8.24. The molecule has 0 fully saturated rings. The fourth-order valence-electron chi connectivity index (χ4n) is 2.75. The lowest BCUT2D eigenvalue weighted by atomic mass is 10.1. The molecule has 0 atom stereocenters. The van der Waals surface area contributed by atoms with Crippen molar-refractivity contribution in [2.24, 2.45) is 5.10 Å². The normalized spacial score (nSPS) is 10.9. The molecule has 5 nitrogen and oxygen atoms in total. The number of carbonyl (C=O) groups is 2. The van der Waals surface area contributed by atoms with Crippen molar-refractivity contribution in [3.05, 3.63) is 63.1 Å². The minimum atomic E-state index is -0.504. The molecule has 160 valence electrons. The Balaban J connectivity index is 1.90. The smallest absolute Gasteiger partial charge is 0.343 e. The zero-order valence-electron chi connectivity index (χ0n) is 17.0. The quantitative estimate of drug-likeness (QED) is 0.127. The molecule has 0 aromatic heterocycles. The fraction of sp³-hybridized carbons (Fsp3) is 0.348. The molecule has 30 heavy (non-hydrogen) atoms. The van der Waals surface area contributed by atoms with Crippen LogP contribution in [-0.2, 0) is 4.79 Å². The molecule has 0 heterocycles. The number of carbonyl (C=O) groups excluding carboxylic acids is 2. The van der Waals surface area contributed by atoms with Gasteiger partial charge in [-0.15, -0.1) is 0 Å². The highest BCUT2D eigenvalue weighted by Crippen LogP contribution is 2.23. The maximum Gasteiger partial charge on any atom is 0.343 e. The van der Waals surface area contributed by atoms with Gasteiger partial charge < -0.3 is 4.74 Å². The molecule has 1 N–H and O–H groups in total. The molecule has 0 unspecified atom stereocenters. The van der Waals surface area contributed by atoms with Crippen LogP contribution in [0.2, 0.25) is 5.02 Å². The van der Waals surface area contributed by atoms with Gasteiger partial charge in [0.25, 0.3) is 0 Å². The minimum absolute atomic E-state index is 0.128. The van der Waals surface area contributed by atoms with Crippen LogP contribution in [0.25, 0.3) is 0 Å². The van der Waals surface area contributed by atoms with Gasteiger partial charge in [0.15, 0.2) is 0 Å². The Morgan fingerprint density at radius 3 is 2.50 bits per heavy atom. The number of hydrogen-bond acceptors (Lipinski definition) is 4. The van der Waals surface area contributed by atoms with Crippen LogP contribution in [0.3, 0.4) is 0 Å². The molecule has 0 saturated heterocycles. The first-order valence-electron chi connectivity index (χ1n) is 10.1. The molecule has 0 bridgehead atoms. The Morgan fingerprint density at radius 2 is 1.77 bits per heavy atom. The van der Waals surface area contributed by atoms with Crippen LogP contribution in [0.5, 0.6) is 5.75 Å². The van der Waals surface area contributed by atoms with Crippen LogP contribution in [0.4, 0.5) is 0 Å². The van der Waals surface area contributed by atoms with E-state index in [9.17, 15) is 9.59 Å². The van der Waals surface area contributed by atoms with Gasteiger partial charge in [0.2, 0.25) is 5.91 Å². The van der Waals surface area contributed by atoms with E-state index in [1.54, 1.807) is 42.5 Å². The van der Waals surface area contributed by atoms with Gasteiger partial charge >= 0.3 is 5.97 Å². The van der Waals surface area contributed by atoms with Gasteiger partial charge in [-0.2, -0.15) is 5.10 Å². The van der Waals surface area contributed by atoms with Crippen LogP contribution in [0.15, 0.2) is 52.0 Å². The van der Waals surface area contributed by atoms with Gasteiger partial charge in [0.05, 0.1) is 11.8 Å². The van der Waals surface area contributed by atoms with Crippen molar-refractivity contribution in [2.75, 3.05) is 0 Å². The van der Waals surface area contributed by atoms with Crippen molar-refractivity contribution in [1.29, 1.82) is 0 Å². The Kier molecular flexibility index (Phi) is 10.6. The molecule has 1 amide bonds. The summed E-state index contributed by atoms with van der Waals surface area (Å²) in [6, 6.07) is 11.6. The molecular weight excluding hydrogens is 468 g/mol. The van der Waals surface area contributed by atoms with E-state index in [-0.39, 0.29) is 5.91 Å². The zero-order valence-corrected chi connectivity index (χ0v) is 19.3. The number of hydrazone groups is 1. The Hall–Kier alpha value is -2.18. The first-order chi connectivity index (χ1) is 14.5. The summed E-state index contributed by atoms with van der Waals surface area (Å²) in [7, 11) is 0. The van der Waals surface area contributed by atoms with E-state index in [1.807, 2.05) is 0 Å². The highest BCUT2D eigenvalue weighted by atomic mass is 79.9. The Labute approximate surface area is 191 Å². The van der Waals surface area contributed by atoms with E-state index in [0.29, 0.717) is 28.3 Å². The summed E-state index contributed by atoms with van der Waals surface area (Å²) in [4.78, 5) is 24.3. The van der Waals surface area contributed by atoms with Crippen molar-refractivity contribution in [2.45, 2.75) is 51.9 Å². The molecular formula is C23H26BrClN2O3. The SMILES string of the molecule is CCCCCCCCC(=O)N/N=C\c1cc(Br)ccc1OC(=O)c1ccc(Cl)cc1. The molecule has 0 saturated carbocycles. The van der Waals surface area contributed by atoms with E-state index in [0.717, 1.165) is 23.7 Å². The number of nitrogens with one attached hydrogen (secondary N) is 1. The predicted molar refractivity (Wildman–Crippen MR) is 124 cm³/mol. The number of hydrogen-bond donors (Lipinski definition) is 1. The number of nitrogens with zero attached hydrogens (tertiary/aromatic N) is 1. The van der Waals surface area contributed by atoms with E-state index >= 15 is 0 Å². The molecule has 2 aromatic rings. The summed E-state index contributed by atoms with van der Waals surface area (Å²) in [6.07, 6.45) is 8.64. The topological polar surface area (TPSA) is 67.8 Å². The van der Waals surface area contributed by atoms with Crippen molar-refractivity contribution in [1.82, 2.24) is 5.43 Å². The second-order valence-electron chi connectivity index (χ2n) is 6.89. The monoisotopic (exact) mass is 492 g/mol. The minimum Gasteiger partial charge on any atom is -0.422 e. The Bertz CT molecular complexity index is 869. The van der Waals surface area contributed by atoms with Crippen LogP contribution < -0.4 is 10.2 Å². The molecule has 0 aliphatic rings. The largest absolute Gasteiger partial charge is 0.422 e. The van der Waals surface area contributed by atoms with Crippen LogP contribution in [0, 0.1) is 0 Å². The average molecular weight is 494 g/mol. The van der Waals surface area contributed by atoms with E-state index in [4.69, 9.17) is 16.3 Å². The standard InChI is InChI=1S/C23H26BrClN2O3/c1-2-3-4-5-6-7-8-22(28)27-26-16-18-15-19(24)11-14-21(18)30-23(29)17-9-12-20(25)13-10-17/h9-16H,2-8H2,1H3,(H,27,28)/b26-16-. The van der Waals surface area contributed by atoms with Crippen LogP contribution >= 0.6 is 27.5 Å². The molecule has 0 aliphatic carbocycles. The van der Waals surface area contributed by atoms with Gasteiger partial charge in [0, 0.05) is 21.5 Å². The van der Waals surface area contributed by atoms with E-state index in [2.05, 4.69) is 33.4 Å². The third-order valence-corrected chi connectivity index (χ3v) is 5.15. The van der Waals surface area contributed by atoms with Gasteiger partial charge in [-0.25, -0.2) is 10.2 Å². The summed E-state index contributed by atoms with van der Waals surface area (Å²) >= 11 is 9.24. The number of unbranched alkanes of at least 4 members (excludes halogenated alkanes) is 5. The number of benzene rings is 2. The lowest BCUT2D eigenvalue weighted by molar-refractivity contribution is -0.121. The number of halogens is 2. The summed E-state index contributed by atoms with van der Waals surface area (Å²) in [6.45, 7) is 2.18. The van der Waals surface area contributed by atoms with Gasteiger partial charge in [0.1, 0.15) is 5.75 Å². The van der Waals surface area contributed by atoms with Gasteiger partial charge in [-0.1, -0.05) is 66.6 Å². The lowest BCUT2D eigenvalue weighted by Crippen LogP contribution is -2.17. The van der Waals surface area contributed by atoms with Crippen LogP contribution in [0.1, 0.15) is 67.8 Å².